The summed E-state index contributed by atoms with van der Waals surface area (Å²) in [4.78, 5) is 32.5. The van der Waals surface area contributed by atoms with Crippen LogP contribution < -0.4 is 24.4 Å². The Morgan fingerprint density at radius 1 is 1.18 bits per heavy atom. The van der Waals surface area contributed by atoms with E-state index in [4.69, 9.17) is 14.2 Å². The molecule has 0 N–H and O–H groups in total. The number of methoxy groups -OCH3 is 2. The molecule has 1 aliphatic heterocycles. The number of nitrogens with zero attached hydrogens (tertiary/aromatic N) is 3. The fraction of sp³-hybridized carbons (Fsp3) is 0.233. The van der Waals surface area contributed by atoms with E-state index in [1.165, 1.54) is 11.3 Å². The lowest BCUT2D eigenvalue weighted by Crippen LogP contribution is -2.40. The zero-order valence-electron chi connectivity index (χ0n) is 22.3. The molecular formula is C30H29N3O5S. The third kappa shape index (κ3) is 4.59. The summed E-state index contributed by atoms with van der Waals surface area (Å²) < 4.78 is 20.7. The molecule has 4 aromatic rings. The first-order chi connectivity index (χ1) is 18.9. The van der Waals surface area contributed by atoms with Crippen molar-refractivity contribution < 1.29 is 19.0 Å². The third-order valence-corrected chi connectivity index (χ3v) is 7.66. The van der Waals surface area contributed by atoms with Gasteiger partial charge in [0.05, 0.1) is 36.6 Å². The molecule has 1 aliphatic rings. The second kappa shape index (κ2) is 10.8. The lowest BCUT2D eigenvalue weighted by Gasteiger charge is -2.26. The second-order valence-electron chi connectivity index (χ2n) is 8.95. The number of esters is 1. The van der Waals surface area contributed by atoms with E-state index in [0.717, 1.165) is 16.5 Å². The molecule has 5 rings (SSSR count). The minimum Gasteiger partial charge on any atom is -0.497 e. The summed E-state index contributed by atoms with van der Waals surface area (Å²) >= 11 is 1.28. The molecule has 2 aromatic heterocycles. The zero-order valence-corrected chi connectivity index (χ0v) is 23.1. The predicted molar refractivity (Wildman–Crippen MR) is 152 cm³/mol. The van der Waals surface area contributed by atoms with Gasteiger partial charge in [0.25, 0.3) is 5.56 Å². The van der Waals surface area contributed by atoms with E-state index < -0.39 is 12.0 Å². The molecule has 0 radical (unpaired) electrons. The van der Waals surface area contributed by atoms with Gasteiger partial charge in [-0.05, 0) is 44.2 Å². The van der Waals surface area contributed by atoms with Crippen LogP contribution in [0.1, 0.15) is 31.0 Å². The first kappa shape index (κ1) is 26.2. The number of hydrogen-bond donors (Lipinski definition) is 0. The van der Waals surface area contributed by atoms with Crippen LogP contribution in [-0.2, 0) is 16.1 Å². The number of aromatic nitrogens is 2. The largest absolute Gasteiger partial charge is 0.497 e. The molecule has 1 atom stereocenters. The molecule has 8 nitrogen and oxygen atoms in total. The number of para-hydroxylation sites is 1. The van der Waals surface area contributed by atoms with Crippen LogP contribution in [0, 0.1) is 0 Å². The maximum absolute atomic E-state index is 14.1. The molecule has 0 bridgehead atoms. The number of carbonyl (C=O) groups is 1. The van der Waals surface area contributed by atoms with Crippen molar-refractivity contribution >= 4 is 34.3 Å². The van der Waals surface area contributed by atoms with Crippen molar-refractivity contribution in [3.8, 4) is 11.5 Å². The van der Waals surface area contributed by atoms with Crippen molar-refractivity contribution in [1.82, 2.24) is 9.13 Å². The lowest BCUT2D eigenvalue weighted by molar-refractivity contribution is -0.139. The smallest absolute Gasteiger partial charge is 0.338 e. The normalized spacial score (nSPS) is 15.2. The lowest BCUT2D eigenvalue weighted by atomic mass is 9.94. The Balaban J connectivity index is 1.78. The molecule has 2 aromatic carbocycles. The van der Waals surface area contributed by atoms with Crippen LogP contribution in [0.2, 0.25) is 0 Å². The summed E-state index contributed by atoms with van der Waals surface area (Å²) in [6, 6.07) is 12.5. The van der Waals surface area contributed by atoms with Gasteiger partial charge in [-0.15, -0.1) is 6.58 Å². The van der Waals surface area contributed by atoms with Crippen LogP contribution in [0.4, 0.5) is 0 Å². The van der Waals surface area contributed by atoms with Gasteiger partial charge in [0.2, 0.25) is 0 Å². The van der Waals surface area contributed by atoms with Gasteiger partial charge >= 0.3 is 5.97 Å². The standard InChI is InChI=1S/C30H29N3O5S/c1-6-14-32-17-19(21-10-8-9-11-23(21)32)15-25-28(34)33-27(22-16-20(36-4)12-13-24(22)37-5)26(29(35)38-7-2)18(3)31-30(33)39-25/h6,8-13,15-17,27H,1,7,14H2,2-5H3. The minimum atomic E-state index is -0.811. The number of ether oxygens (including phenoxy) is 3. The van der Waals surface area contributed by atoms with Gasteiger partial charge in [0.15, 0.2) is 4.80 Å². The third-order valence-electron chi connectivity index (χ3n) is 6.68. The molecule has 0 saturated carbocycles. The maximum atomic E-state index is 14.1. The van der Waals surface area contributed by atoms with E-state index >= 15 is 0 Å². The summed E-state index contributed by atoms with van der Waals surface area (Å²) in [6.07, 6.45) is 5.74. The Morgan fingerprint density at radius 3 is 2.69 bits per heavy atom. The van der Waals surface area contributed by atoms with Crippen molar-refractivity contribution in [2.75, 3.05) is 20.8 Å². The fourth-order valence-corrected chi connectivity index (χ4v) is 6.00. The Hall–Kier alpha value is -4.37. The van der Waals surface area contributed by atoms with E-state index in [0.29, 0.717) is 38.6 Å². The molecule has 1 unspecified atom stereocenters. The van der Waals surface area contributed by atoms with Crippen molar-refractivity contribution in [3.05, 3.63) is 103 Å². The van der Waals surface area contributed by atoms with E-state index in [1.54, 1.807) is 50.8 Å². The quantitative estimate of drug-likeness (QED) is 0.248. The van der Waals surface area contributed by atoms with Gasteiger partial charge in [0, 0.05) is 34.8 Å². The summed E-state index contributed by atoms with van der Waals surface area (Å²) in [5.74, 6) is 0.551. The Kier molecular flexibility index (Phi) is 7.26. The van der Waals surface area contributed by atoms with Gasteiger partial charge in [-0.3, -0.25) is 9.36 Å². The summed E-state index contributed by atoms with van der Waals surface area (Å²) in [5.41, 5.74) is 3.07. The highest BCUT2D eigenvalue weighted by Crippen LogP contribution is 2.37. The average Bonchev–Trinajstić information content (AvgIpc) is 3.44. The number of hydrogen-bond acceptors (Lipinski definition) is 7. The van der Waals surface area contributed by atoms with Crippen LogP contribution in [0.5, 0.6) is 11.5 Å². The first-order valence-electron chi connectivity index (χ1n) is 12.5. The monoisotopic (exact) mass is 543 g/mol. The summed E-state index contributed by atoms with van der Waals surface area (Å²) in [7, 11) is 3.11. The van der Waals surface area contributed by atoms with E-state index in [1.807, 2.05) is 42.6 Å². The molecule has 0 saturated heterocycles. The van der Waals surface area contributed by atoms with Gasteiger partial charge < -0.3 is 18.8 Å². The Labute approximate surface area is 229 Å². The van der Waals surface area contributed by atoms with Crippen molar-refractivity contribution in [3.63, 3.8) is 0 Å². The highest BCUT2D eigenvalue weighted by atomic mass is 32.1. The van der Waals surface area contributed by atoms with Crippen molar-refractivity contribution in [2.24, 2.45) is 4.99 Å². The molecule has 0 aliphatic carbocycles. The van der Waals surface area contributed by atoms with Gasteiger partial charge in [-0.1, -0.05) is 35.6 Å². The maximum Gasteiger partial charge on any atom is 0.338 e. The van der Waals surface area contributed by atoms with E-state index in [2.05, 4.69) is 16.1 Å². The molecule has 0 fully saturated rings. The Morgan fingerprint density at radius 2 is 1.97 bits per heavy atom. The van der Waals surface area contributed by atoms with Gasteiger partial charge in [0.1, 0.15) is 17.5 Å². The van der Waals surface area contributed by atoms with Crippen LogP contribution >= 0.6 is 11.3 Å². The number of benzene rings is 2. The van der Waals surface area contributed by atoms with Gasteiger partial charge in [-0.2, -0.15) is 0 Å². The number of thiazole rings is 1. The fourth-order valence-electron chi connectivity index (χ4n) is 4.96. The minimum absolute atomic E-state index is 0.191. The van der Waals surface area contributed by atoms with Crippen molar-refractivity contribution in [2.45, 2.75) is 26.4 Å². The molecule has 0 amide bonds. The van der Waals surface area contributed by atoms with Crippen LogP contribution in [0.25, 0.3) is 17.0 Å². The average molecular weight is 544 g/mol. The van der Waals surface area contributed by atoms with E-state index in [9.17, 15) is 9.59 Å². The molecule has 3 heterocycles. The number of rotatable bonds is 8. The van der Waals surface area contributed by atoms with Crippen LogP contribution in [0.3, 0.4) is 0 Å². The molecule has 9 heteroatoms. The number of fused-ring (bicyclic) bond motifs is 2. The highest BCUT2D eigenvalue weighted by Gasteiger charge is 2.35. The number of allylic oxidation sites excluding steroid dienone is 2. The predicted octanol–water partition coefficient (Wildman–Crippen LogP) is 3.96. The van der Waals surface area contributed by atoms with Gasteiger partial charge in [-0.25, -0.2) is 9.79 Å². The van der Waals surface area contributed by atoms with E-state index in [-0.39, 0.29) is 17.7 Å². The SMILES string of the molecule is C=CCn1cc(C=c2sc3n(c2=O)C(c2cc(OC)ccc2OC)C(C(=O)OCC)=C(C)N=3)c2ccccc21. The molecular weight excluding hydrogens is 514 g/mol. The molecule has 0 spiro atoms. The molecule has 200 valence electrons. The summed E-state index contributed by atoms with van der Waals surface area (Å²) in [6.45, 7) is 8.20. The summed E-state index contributed by atoms with van der Waals surface area (Å²) in [5, 5.41) is 1.03. The Bertz CT molecular complexity index is 1810. The first-order valence-corrected chi connectivity index (χ1v) is 13.3. The zero-order chi connectivity index (χ0) is 27.7. The van der Waals surface area contributed by atoms with Crippen molar-refractivity contribution in [1.29, 1.82) is 0 Å². The second-order valence-corrected chi connectivity index (χ2v) is 9.96. The topological polar surface area (TPSA) is 84.0 Å². The number of carbonyl (C=O) groups excluding carboxylic acids is 1. The highest BCUT2D eigenvalue weighted by molar-refractivity contribution is 7.07. The van der Waals surface area contributed by atoms with Crippen LogP contribution in [0.15, 0.2) is 82.4 Å². The van der Waals surface area contributed by atoms with Crippen LogP contribution in [-0.4, -0.2) is 35.9 Å². The molecule has 39 heavy (non-hydrogen) atoms.